The zero-order chi connectivity index (χ0) is 7.40. The summed E-state index contributed by atoms with van der Waals surface area (Å²) in [5.74, 6) is 2.48. The second-order valence-corrected chi connectivity index (χ2v) is 3.41. The Balaban J connectivity index is 2.37. The van der Waals surface area contributed by atoms with Gasteiger partial charge in [0, 0.05) is 0 Å². The molecule has 0 amide bonds. The van der Waals surface area contributed by atoms with Crippen LogP contribution in [0.1, 0.15) is 39.5 Å². The number of hydrogen-bond donors (Lipinski definition) is 0. The summed E-state index contributed by atoms with van der Waals surface area (Å²) in [4.78, 5) is 0. The van der Waals surface area contributed by atoms with Crippen molar-refractivity contribution in [3.05, 3.63) is 18.1 Å². The molecule has 0 aromatic heterocycles. The molecule has 0 heterocycles. The molecule has 0 aromatic rings. The van der Waals surface area contributed by atoms with E-state index in [1.54, 1.807) is 5.92 Å². The van der Waals surface area contributed by atoms with Crippen LogP contribution in [0.5, 0.6) is 0 Å². The Kier molecular flexibility index (Phi) is 2.98. The third-order valence-corrected chi connectivity index (χ3v) is 2.33. The maximum atomic E-state index is 2.34. The molecule has 0 fully saturated rings. The normalized spacial score (nSPS) is 26.9. The van der Waals surface area contributed by atoms with Crippen molar-refractivity contribution in [2.45, 2.75) is 39.5 Å². The third-order valence-electron chi connectivity index (χ3n) is 2.33. The molecule has 1 aliphatic rings. The van der Waals surface area contributed by atoms with Crippen LogP contribution in [-0.4, -0.2) is 0 Å². The molecule has 0 nitrogen and oxygen atoms in total. The fourth-order valence-corrected chi connectivity index (χ4v) is 1.50. The molecule has 1 unspecified atom stereocenters. The van der Waals surface area contributed by atoms with E-state index in [9.17, 15) is 0 Å². The number of rotatable bonds is 1. The van der Waals surface area contributed by atoms with Gasteiger partial charge < -0.3 is 0 Å². The minimum atomic E-state index is 0.874. The van der Waals surface area contributed by atoms with E-state index in [0.717, 1.165) is 5.92 Å². The van der Waals surface area contributed by atoms with Gasteiger partial charge in [0.05, 0.1) is 0 Å². The average molecular weight is 137 g/mol. The van der Waals surface area contributed by atoms with Crippen molar-refractivity contribution in [1.82, 2.24) is 0 Å². The van der Waals surface area contributed by atoms with Crippen LogP contribution in [0.25, 0.3) is 0 Å². The molecule has 1 radical (unpaired) electrons. The summed E-state index contributed by atoms with van der Waals surface area (Å²) in [5, 5.41) is 0. The highest BCUT2D eigenvalue weighted by atomic mass is 14.2. The van der Waals surface area contributed by atoms with Gasteiger partial charge in [0.2, 0.25) is 0 Å². The van der Waals surface area contributed by atoms with Crippen LogP contribution in [0, 0.1) is 11.8 Å². The Morgan fingerprint density at radius 3 is 2.80 bits per heavy atom. The zero-order valence-electron chi connectivity index (χ0n) is 7.06. The molecule has 0 saturated carbocycles. The third kappa shape index (κ3) is 2.17. The first-order chi connectivity index (χ1) is 4.80. The van der Waals surface area contributed by atoms with Gasteiger partial charge in [0.1, 0.15) is 0 Å². The van der Waals surface area contributed by atoms with E-state index < -0.39 is 0 Å². The summed E-state index contributed by atoms with van der Waals surface area (Å²) in [5.41, 5.74) is 0. The maximum absolute atomic E-state index is 2.34. The molecule has 0 spiro atoms. The van der Waals surface area contributed by atoms with E-state index in [4.69, 9.17) is 0 Å². The SMILES string of the molecule is C[C](C)C1CC=CCCC1. The quantitative estimate of drug-likeness (QED) is 0.486. The van der Waals surface area contributed by atoms with Crippen LogP contribution < -0.4 is 0 Å². The lowest BCUT2D eigenvalue weighted by atomic mass is 9.89. The zero-order valence-corrected chi connectivity index (χ0v) is 7.06. The summed E-state index contributed by atoms with van der Waals surface area (Å²) in [6, 6.07) is 0. The first-order valence-electron chi connectivity index (χ1n) is 4.26. The highest BCUT2D eigenvalue weighted by Gasteiger charge is 2.12. The molecule has 0 N–H and O–H groups in total. The van der Waals surface area contributed by atoms with Gasteiger partial charge in [-0.25, -0.2) is 0 Å². The van der Waals surface area contributed by atoms with E-state index in [1.165, 1.54) is 25.7 Å². The molecule has 1 rings (SSSR count). The Bertz CT molecular complexity index is 111. The van der Waals surface area contributed by atoms with Gasteiger partial charge in [0.15, 0.2) is 0 Å². The molecule has 0 bridgehead atoms. The van der Waals surface area contributed by atoms with Crippen molar-refractivity contribution in [1.29, 1.82) is 0 Å². The molecule has 0 aliphatic heterocycles. The predicted molar refractivity (Wildman–Crippen MR) is 45.7 cm³/mol. The Morgan fingerprint density at radius 1 is 1.30 bits per heavy atom. The number of hydrogen-bond acceptors (Lipinski definition) is 0. The molecular weight excluding hydrogens is 120 g/mol. The van der Waals surface area contributed by atoms with Crippen molar-refractivity contribution < 1.29 is 0 Å². The van der Waals surface area contributed by atoms with Crippen molar-refractivity contribution in [2.24, 2.45) is 5.92 Å². The second-order valence-electron chi connectivity index (χ2n) is 3.41. The van der Waals surface area contributed by atoms with Gasteiger partial charge in [-0.2, -0.15) is 0 Å². The highest BCUT2D eigenvalue weighted by Crippen LogP contribution is 2.26. The summed E-state index contributed by atoms with van der Waals surface area (Å²) in [6.07, 6.45) is 10.0. The Morgan fingerprint density at radius 2 is 2.10 bits per heavy atom. The van der Waals surface area contributed by atoms with Crippen molar-refractivity contribution in [3.63, 3.8) is 0 Å². The smallest absolute Gasteiger partial charge is 0.0269 e. The largest absolute Gasteiger partial charge is 0.0885 e. The van der Waals surface area contributed by atoms with Gasteiger partial charge in [-0.15, -0.1) is 0 Å². The van der Waals surface area contributed by atoms with Crippen LogP contribution in [0.3, 0.4) is 0 Å². The van der Waals surface area contributed by atoms with E-state index in [-0.39, 0.29) is 0 Å². The minimum Gasteiger partial charge on any atom is -0.0885 e. The van der Waals surface area contributed by atoms with Crippen LogP contribution in [-0.2, 0) is 0 Å². The number of allylic oxidation sites excluding steroid dienone is 2. The molecule has 0 heteroatoms. The van der Waals surface area contributed by atoms with E-state index in [2.05, 4.69) is 26.0 Å². The molecule has 1 atom stereocenters. The lowest BCUT2D eigenvalue weighted by Crippen LogP contribution is -2.04. The van der Waals surface area contributed by atoms with Crippen LogP contribution in [0.15, 0.2) is 12.2 Å². The highest BCUT2D eigenvalue weighted by molar-refractivity contribution is 4.96. The van der Waals surface area contributed by atoms with E-state index >= 15 is 0 Å². The van der Waals surface area contributed by atoms with Crippen LogP contribution in [0.4, 0.5) is 0 Å². The molecule has 10 heavy (non-hydrogen) atoms. The minimum absolute atomic E-state index is 0.874. The first-order valence-corrected chi connectivity index (χ1v) is 4.26. The summed E-state index contributed by atoms with van der Waals surface area (Å²) >= 11 is 0. The van der Waals surface area contributed by atoms with Gasteiger partial charge in [-0.3, -0.25) is 0 Å². The Hall–Kier alpha value is -0.260. The molecule has 0 saturated heterocycles. The Labute approximate surface area is 64.3 Å². The summed E-state index contributed by atoms with van der Waals surface area (Å²) in [7, 11) is 0. The fraction of sp³-hybridized carbons (Fsp3) is 0.700. The lowest BCUT2D eigenvalue weighted by Gasteiger charge is -2.16. The van der Waals surface area contributed by atoms with Crippen molar-refractivity contribution in [3.8, 4) is 0 Å². The van der Waals surface area contributed by atoms with Gasteiger partial charge in [0.25, 0.3) is 0 Å². The van der Waals surface area contributed by atoms with E-state index in [1.807, 2.05) is 0 Å². The standard InChI is InChI=1S/C10H17/c1-9(2)10-7-5-3-4-6-8-10/h3,5,10H,4,6-8H2,1-2H3. The van der Waals surface area contributed by atoms with Crippen molar-refractivity contribution in [2.75, 3.05) is 0 Å². The lowest BCUT2D eigenvalue weighted by molar-refractivity contribution is 0.504. The fourth-order valence-electron chi connectivity index (χ4n) is 1.50. The monoisotopic (exact) mass is 137 g/mol. The van der Waals surface area contributed by atoms with Crippen LogP contribution >= 0.6 is 0 Å². The van der Waals surface area contributed by atoms with E-state index in [0.29, 0.717) is 0 Å². The van der Waals surface area contributed by atoms with Gasteiger partial charge in [-0.1, -0.05) is 26.0 Å². The van der Waals surface area contributed by atoms with Crippen LogP contribution in [0.2, 0.25) is 0 Å². The predicted octanol–water partition coefficient (Wildman–Crippen LogP) is 3.35. The van der Waals surface area contributed by atoms with Gasteiger partial charge in [-0.05, 0) is 37.5 Å². The van der Waals surface area contributed by atoms with Gasteiger partial charge >= 0.3 is 0 Å². The summed E-state index contributed by atoms with van der Waals surface area (Å²) in [6.45, 7) is 4.51. The molecule has 0 aromatic carbocycles. The molecular formula is C10H17. The second kappa shape index (κ2) is 3.80. The first kappa shape index (κ1) is 7.84. The molecule has 1 aliphatic carbocycles. The topological polar surface area (TPSA) is 0 Å². The maximum Gasteiger partial charge on any atom is -0.0269 e. The van der Waals surface area contributed by atoms with Crippen molar-refractivity contribution >= 4 is 0 Å². The summed E-state index contributed by atoms with van der Waals surface area (Å²) < 4.78 is 0. The average Bonchev–Trinajstić information content (AvgIpc) is 2.12. The molecule has 57 valence electrons.